The monoisotopic (exact) mass is 391 g/mol. The lowest BCUT2D eigenvalue weighted by atomic mass is 10.1. The van der Waals surface area contributed by atoms with Crippen LogP contribution in [0.15, 0.2) is 66.7 Å². The van der Waals surface area contributed by atoms with Crippen LogP contribution in [-0.4, -0.2) is 22.5 Å². The number of nitrogens with one attached hydrogen (secondary N) is 2. The molecule has 1 aromatic heterocycles. The first-order valence-electron chi connectivity index (χ1n) is 8.92. The molecule has 0 aliphatic rings. The van der Waals surface area contributed by atoms with Crippen LogP contribution in [0.1, 0.15) is 17.3 Å². The summed E-state index contributed by atoms with van der Waals surface area (Å²) in [6, 6.07) is 20.1. The fraction of sp³-hybridized carbons (Fsp3) is 0.0909. The van der Waals surface area contributed by atoms with E-state index in [1.165, 1.54) is 0 Å². The number of imidazole rings is 1. The van der Waals surface area contributed by atoms with Crippen LogP contribution in [-0.2, 0) is 0 Å². The number of hydrogen-bond donors (Lipinski definition) is 2. The van der Waals surface area contributed by atoms with E-state index in [0.29, 0.717) is 22.9 Å². The molecule has 0 fully saturated rings. The number of amides is 1. The number of rotatable bonds is 5. The number of H-pyrrole nitrogens is 1. The van der Waals surface area contributed by atoms with E-state index >= 15 is 0 Å². The smallest absolute Gasteiger partial charge is 0.255 e. The summed E-state index contributed by atoms with van der Waals surface area (Å²) in [6.45, 7) is 2.54. The van der Waals surface area contributed by atoms with Crippen molar-refractivity contribution in [2.45, 2.75) is 6.92 Å². The van der Waals surface area contributed by atoms with Crippen LogP contribution < -0.4 is 10.1 Å². The molecular weight excluding hydrogens is 374 g/mol. The summed E-state index contributed by atoms with van der Waals surface area (Å²) in [5, 5.41) is 3.54. The number of fused-ring (bicyclic) bond motifs is 1. The summed E-state index contributed by atoms with van der Waals surface area (Å²) in [5.74, 6) is 1.33. The zero-order chi connectivity index (χ0) is 19.5. The van der Waals surface area contributed by atoms with E-state index in [-0.39, 0.29) is 5.91 Å². The maximum Gasteiger partial charge on any atom is 0.255 e. The Bertz CT molecular complexity index is 1120. The first kappa shape index (κ1) is 18.1. The third kappa shape index (κ3) is 3.85. The molecule has 2 N–H and O–H groups in total. The first-order valence-corrected chi connectivity index (χ1v) is 9.30. The first-order chi connectivity index (χ1) is 13.6. The van der Waals surface area contributed by atoms with Crippen LogP contribution in [0.5, 0.6) is 5.75 Å². The number of anilines is 1. The fourth-order valence-corrected chi connectivity index (χ4v) is 3.07. The largest absolute Gasteiger partial charge is 0.494 e. The van der Waals surface area contributed by atoms with Crippen molar-refractivity contribution in [3.05, 3.63) is 77.3 Å². The third-order valence-electron chi connectivity index (χ3n) is 4.29. The van der Waals surface area contributed by atoms with Crippen molar-refractivity contribution in [2.24, 2.45) is 0 Å². The van der Waals surface area contributed by atoms with E-state index < -0.39 is 0 Å². The van der Waals surface area contributed by atoms with Crippen molar-refractivity contribution in [2.75, 3.05) is 11.9 Å². The minimum Gasteiger partial charge on any atom is -0.494 e. The second-order valence-electron chi connectivity index (χ2n) is 6.24. The number of halogens is 1. The number of hydrogen-bond acceptors (Lipinski definition) is 3. The summed E-state index contributed by atoms with van der Waals surface area (Å²) in [7, 11) is 0. The molecule has 3 aromatic carbocycles. The number of ether oxygens (including phenoxy) is 1. The van der Waals surface area contributed by atoms with E-state index in [1.807, 2.05) is 61.5 Å². The normalized spacial score (nSPS) is 10.8. The number of carbonyl (C=O) groups excluding carboxylic acids is 1. The van der Waals surface area contributed by atoms with E-state index in [4.69, 9.17) is 16.3 Å². The van der Waals surface area contributed by atoms with Crippen LogP contribution in [0, 0.1) is 0 Å². The number of aromatic amines is 1. The van der Waals surface area contributed by atoms with Crippen LogP contribution in [0.2, 0.25) is 5.02 Å². The Labute approximate surface area is 167 Å². The molecule has 0 saturated carbocycles. The number of nitrogens with zero attached hydrogens (tertiary/aromatic N) is 1. The highest BCUT2D eigenvalue weighted by molar-refractivity contribution is 6.31. The molecule has 0 saturated heterocycles. The molecule has 0 atom stereocenters. The minimum absolute atomic E-state index is 0.174. The lowest BCUT2D eigenvalue weighted by Crippen LogP contribution is -2.11. The topological polar surface area (TPSA) is 67.0 Å². The molecule has 28 heavy (non-hydrogen) atoms. The van der Waals surface area contributed by atoms with Gasteiger partial charge in [-0.1, -0.05) is 23.7 Å². The van der Waals surface area contributed by atoms with Gasteiger partial charge in [0.25, 0.3) is 5.91 Å². The SMILES string of the molecule is CCOc1ccc(NC(=O)c2ccc(-c3nc4ccc(Cl)cc4[nH]3)cc2)cc1. The quantitative estimate of drug-likeness (QED) is 0.469. The highest BCUT2D eigenvalue weighted by Gasteiger charge is 2.09. The van der Waals surface area contributed by atoms with Gasteiger partial charge in [-0.05, 0) is 61.5 Å². The Balaban J connectivity index is 1.49. The summed E-state index contributed by atoms with van der Waals surface area (Å²) >= 11 is 6.02. The van der Waals surface area contributed by atoms with Crippen molar-refractivity contribution in [1.82, 2.24) is 9.97 Å². The summed E-state index contributed by atoms with van der Waals surface area (Å²) in [6.07, 6.45) is 0. The van der Waals surface area contributed by atoms with Gasteiger partial charge < -0.3 is 15.0 Å². The molecule has 140 valence electrons. The molecule has 1 heterocycles. The number of aromatic nitrogens is 2. The number of carbonyl (C=O) groups is 1. The number of benzene rings is 3. The second kappa shape index (κ2) is 7.74. The van der Waals surface area contributed by atoms with Crippen molar-refractivity contribution < 1.29 is 9.53 Å². The van der Waals surface area contributed by atoms with E-state index in [0.717, 1.165) is 28.2 Å². The lowest BCUT2D eigenvalue weighted by molar-refractivity contribution is 0.102. The maximum absolute atomic E-state index is 12.5. The average molecular weight is 392 g/mol. The van der Waals surface area contributed by atoms with E-state index in [2.05, 4.69) is 15.3 Å². The Hall–Kier alpha value is -3.31. The Morgan fingerprint density at radius 1 is 1.07 bits per heavy atom. The van der Waals surface area contributed by atoms with Gasteiger partial charge in [-0.15, -0.1) is 0 Å². The summed E-state index contributed by atoms with van der Waals surface area (Å²) < 4.78 is 5.41. The summed E-state index contributed by atoms with van der Waals surface area (Å²) in [5.41, 5.74) is 3.89. The van der Waals surface area contributed by atoms with Gasteiger partial charge in [0.05, 0.1) is 17.6 Å². The van der Waals surface area contributed by atoms with Gasteiger partial charge in [0.1, 0.15) is 11.6 Å². The van der Waals surface area contributed by atoms with Crippen molar-refractivity contribution in [3.8, 4) is 17.1 Å². The fourth-order valence-electron chi connectivity index (χ4n) is 2.90. The molecule has 0 bridgehead atoms. The average Bonchev–Trinajstić information content (AvgIpc) is 3.13. The van der Waals surface area contributed by atoms with Crippen molar-refractivity contribution >= 4 is 34.2 Å². The third-order valence-corrected chi connectivity index (χ3v) is 4.52. The molecule has 0 aliphatic carbocycles. The Morgan fingerprint density at radius 3 is 2.54 bits per heavy atom. The second-order valence-corrected chi connectivity index (χ2v) is 6.67. The maximum atomic E-state index is 12.5. The summed E-state index contributed by atoms with van der Waals surface area (Å²) in [4.78, 5) is 20.3. The molecule has 0 spiro atoms. The van der Waals surface area contributed by atoms with E-state index in [1.54, 1.807) is 12.1 Å². The Kier molecular flexibility index (Phi) is 5.00. The molecule has 6 heteroatoms. The molecule has 4 rings (SSSR count). The van der Waals surface area contributed by atoms with Gasteiger partial charge in [-0.3, -0.25) is 4.79 Å². The molecule has 0 unspecified atom stereocenters. The van der Waals surface area contributed by atoms with Crippen LogP contribution in [0.25, 0.3) is 22.4 Å². The predicted octanol–water partition coefficient (Wildman–Crippen LogP) is 5.53. The minimum atomic E-state index is -0.174. The molecule has 0 aliphatic heterocycles. The zero-order valence-electron chi connectivity index (χ0n) is 15.2. The molecule has 0 radical (unpaired) electrons. The zero-order valence-corrected chi connectivity index (χ0v) is 16.0. The van der Waals surface area contributed by atoms with Crippen molar-refractivity contribution in [3.63, 3.8) is 0 Å². The van der Waals surface area contributed by atoms with Gasteiger partial charge in [0.15, 0.2) is 0 Å². The van der Waals surface area contributed by atoms with Crippen LogP contribution in [0.3, 0.4) is 0 Å². The highest BCUT2D eigenvalue weighted by atomic mass is 35.5. The lowest BCUT2D eigenvalue weighted by Gasteiger charge is -2.07. The molecule has 4 aromatic rings. The predicted molar refractivity (Wildman–Crippen MR) is 112 cm³/mol. The van der Waals surface area contributed by atoms with Gasteiger partial charge in [-0.25, -0.2) is 4.98 Å². The van der Waals surface area contributed by atoms with Gasteiger partial charge in [0.2, 0.25) is 0 Å². The van der Waals surface area contributed by atoms with Crippen LogP contribution >= 0.6 is 11.6 Å². The van der Waals surface area contributed by atoms with E-state index in [9.17, 15) is 4.79 Å². The highest BCUT2D eigenvalue weighted by Crippen LogP contribution is 2.23. The van der Waals surface area contributed by atoms with Crippen molar-refractivity contribution in [1.29, 1.82) is 0 Å². The molecule has 1 amide bonds. The van der Waals surface area contributed by atoms with Gasteiger partial charge in [0, 0.05) is 21.8 Å². The standard InChI is InChI=1S/C22H18ClN3O2/c1-2-28-18-10-8-17(9-11-18)24-22(27)15-5-3-14(4-6-15)21-25-19-12-7-16(23)13-20(19)26-21/h3-13H,2H2,1H3,(H,24,27)(H,25,26). The molecule has 5 nitrogen and oxygen atoms in total. The van der Waals surface area contributed by atoms with Gasteiger partial charge >= 0.3 is 0 Å². The molecular formula is C22H18ClN3O2. The van der Waals surface area contributed by atoms with Crippen LogP contribution in [0.4, 0.5) is 5.69 Å². The van der Waals surface area contributed by atoms with Gasteiger partial charge in [-0.2, -0.15) is 0 Å². The Morgan fingerprint density at radius 2 is 1.82 bits per heavy atom.